The van der Waals surface area contributed by atoms with Gasteiger partial charge in [0.2, 0.25) is 0 Å². The van der Waals surface area contributed by atoms with E-state index in [0.717, 1.165) is 11.1 Å². The Balaban J connectivity index is 1.97. The van der Waals surface area contributed by atoms with Gasteiger partial charge in [0.25, 0.3) is 5.56 Å². The van der Waals surface area contributed by atoms with Crippen molar-refractivity contribution < 1.29 is 19.0 Å². The lowest BCUT2D eigenvalue weighted by molar-refractivity contribution is -0.136. The third kappa shape index (κ3) is 3.73. The van der Waals surface area contributed by atoms with Crippen LogP contribution in [0.5, 0.6) is 11.5 Å². The zero-order valence-corrected chi connectivity index (χ0v) is 18.9. The van der Waals surface area contributed by atoms with Crippen molar-refractivity contribution in [2.75, 3.05) is 21.3 Å². The molecule has 2 heterocycles. The lowest BCUT2D eigenvalue weighted by Gasteiger charge is -2.24. The second kappa shape index (κ2) is 8.84. The zero-order valence-electron chi connectivity index (χ0n) is 18.1. The number of aromatic nitrogens is 1. The summed E-state index contributed by atoms with van der Waals surface area (Å²) < 4.78 is 17.7. The number of methoxy groups -OCH3 is 3. The second-order valence-electron chi connectivity index (χ2n) is 7.09. The van der Waals surface area contributed by atoms with Gasteiger partial charge in [0.05, 0.1) is 43.2 Å². The van der Waals surface area contributed by atoms with Crippen LogP contribution in [0.3, 0.4) is 0 Å². The van der Waals surface area contributed by atoms with Crippen LogP contribution in [0.4, 0.5) is 0 Å². The molecule has 2 aromatic carbocycles. The van der Waals surface area contributed by atoms with E-state index in [9.17, 15) is 9.59 Å². The average molecular weight is 451 g/mol. The maximum atomic E-state index is 13.5. The highest BCUT2D eigenvalue weighted by molar-refractivity contribution is 7.07. The lowest BCUT2D eigenvalue weighted by atomic mass is 9.96. The first kappa shape index (κ1) is 21.6. The maximum Gasteiger partial charge on any atom is 0.338 e. The number of carbonyl (C=O) groups excluding carboxylic acids is 1. The van der Waals surface area contributed by atoms with Crippen LogP contribution in [0.1, 0.15) is 24.1 Å². The van der Waals surface area contributed by atoms with Crippen molar-refractivity contribution in [2.45, 2.75) is 13.0 Å². The van der Waals surface area contributed by atoms with Crippen LogP contribution in [0.25, 0.3) is 6.08 Å². The van der Waals surface area contributed by atoms with Crippen molar-refractivity contribution >= 4 is 23.4 Å². The van der Waals surface area contributed by atoms with Gasteiger partial charge in [-0.25, -0.2) is 9.79 Å². The van der Waals surface area contributed by atoms with Crippen molar-refractivity contribution in [3.63, 3.8) is 0 Å². The van der Waals surface area contributed by atoms with Crippen LogP contribution < -0.4 is 24.4 Å². The molecule has 4 rings (SSSR count). The molecule has 32 heavy (non-hydrogen) atoms. The Labute approximate surface area is 188 Å². The highest BCUT2D eigenvalue weighted by atomic mass is 32.1. The zero-order chi connectivity index (χ0) is 22.8. The number of ether oxygens (including phenoxy) is 3. The number of fused-ring (bicyclic) bond motifs is 1. The maximum absolute atomic E-state index is 13.5. The molecule has 1 atom stereocenters. The molecule has 0 spiro atoms. The molecule has 0 unspecified atom stereocenters. The Hall–Kier alpha value is -3.65. The molecule has 1 aliphatic heterocycles. The predicted molar refractivity (Wildman–Crippen MR) is 122 cm³/mol. The summed E-state index contributed by atoms with van der Waals surface area (Å²) in [5.74, 6) is 0.820. The van der Waals surface area contributed by atoms with Crippen molar-refractivity contribution in [3.05, 3.63) is 90.6 Å². The van der Waals surface area contributed by atoms with Crippen molar-refractivity contribution in [1.29, 1.82) is 0 Å². The third-order valence-corrected chi connectivity index (χ3v) is 6.27. The average Bonchev–Trinajstić information content (AvgIpc) is 3.12. The molecule has 1 aliphatic rings. The van der Waals surface area contributed by atoms with Crippen LogP contribution >= 0.6 is 11.3 Å². The highest BCUT2D eigenvalue weighted by Crippen LogP contribution is 2.31. The number of hydrogen-bond donors (Lipinski definition) is 0. The molecule has 0 aliphatic carbocycles. The molecule has 7 nitrogen and oxygen atoms in total. The molecule has 0 amide bonds. The fourth-order valence-electron chi connectivity index (χ4n) is 3.72. The van der Waals surface area contributed by atoms with Gasteiger partial charge in [-0.1, -0.05) is 41.7 Å². The molecule has 0 saturated heterocycles. The van der Waals surface area contributed by atoms with E-state index in [1.54, 1.807) is 43.9 Å². The van der Waals surface area contributed by atoms with Crippen LogP contribution in [0.15, 0.2) is 69.6 Å². The smallest absolute Gasteiger partial charge is 0.338 e. The quantitative estimate of drug-likeness (QED) is 0.558. The Bertz CT molecular complexity index is 1380. The summed E-state index contributed by atoms with van der Waals surface area (Å²) in [6, 6.07) is 14.1. The van der Waals surface area contributed by atoms with Gasteiger partial charge >= 0.3 is 5.97 Å². The summed E-state index contributed by atoms with van der Waals surface area (Å²) in [6.07, 6.45) is 1.78. The summed E-state index contributed by atoms with van der Waals surface area (Å²) in [5, 5.41) is 0. The lowest BCUT2D eigenvalue weighted by Crippen LogP contribution is -2.39. The minimum absolute atomic E-state index is 0.241. The van der Waals surface area contributed by atoms with Gasteiger partial charge < -0.3 is 14.2 Å². The first-order valence-electron chi connectivity index (χ1n) is 9.86. The summed E-state index contributed by atoms with van der Waals surface area (Å²) in [5.41, 5.74) is 2.14. The Morgan fingerprint density at radius 2 is 1.78 bits per heavy atom. The monoisotopic (exact) mass is 450 g/mol. The van der Waals surface area contributed by atoms with E-state index in [4.69, 9.17) is 14.2 Å². The van der Waals surface area contributed by atoms with Crippen molar-refractivity contribution in [3.8, 4) is 11.5 Å². The molecular weight excluding hydrogens is 428 g/mol. The number of rotatable bonds is 5. The van der Waals surface area contributed by atoms with Crippen LogP contribution in [-0.2, 0) is 9.53 Å². The van der Waals surface area contributed by atoms with E-state index < -0.39 is 12.0 Å². The largest absolute Gasteiger partial charge is 0.497 e. The number of hydrogen-bond acceptors (Lipinski definition) is 7. The van der Waals surface area contributed by atoms with E-state index in [2.05, 4.69) is 4.99 Å². The predicted octanol–water partition coefficient (Wildman–Crippen LogP) is 2.43. The number of benzene rings is 2. The van der Waals surface area contributed by atoms with Gasteiger partial charge in [-0.2, -0.15) is 0 Å². The van der Waals surface area contributed by atoms with E-state index in [1.807, 2.05) is 36.4 Å². The number of allylic oxidation sites excluding steroid dienone is 1. The van der Waals surface area contributed by atoms with E-state index in [1.165, 1.54) is 18.4 Å². The SMILES string of the molecule is COC(=O)C1=C(C)N=c2sc(=Cc3ccccc3OC)c(=O)n2[C@H]1c1ccc(OC)cc1. The minimum Gasteiger partial charge on any atom is -0.497 e. The molecule has 0 N–H and O–H groups in total. The fraction of sp³-hybridized carbons (Fsp3) is 0.208. The second-order valence-corrected chi connectivity index (χ2v) is 8.10. The third-order valence-electron chi connectivity index (χ3n) is 5.28. The molecule has 0 bridgehead atoms. The molecule has 0 fully saturated rings. The number of esters is 1. The van der Waals surface area contributed by atoms with Crippen LogP contribution in [0, 0.1) is 0 Å². The van der Waals surface area contributed by atoms with E-state index in [0.29, 0.717) is 32.1 Å². The molecule has 164 valence electrons. The molecule has 1 aromatic heterocycles. The molecule has 0 radical (unpaired) electrons. The first-order chi connectivity index (χ1) is 15.5. The Morgan fingerprint density at radius 1 is 1.06 bits per heavy atom. The van der Waals surface area contributed by atoms with Gasteiger partial charge in [0.1, 0.15) is 11.5 Å². The number of carbonyl (C=O) groups is 1. The topological polar surface area (TPSA) is 79.1 Å². The van der Waals surface area contributed by atoms with Gasteiger partial charge in [-0.05, 0) is 36.8 Å². The molecule has 3 aromatic rings. The van der Waals surface area contributed by atoms with Crippen molar-refractivity contribution in [1.82, 2.24) is 4.57 Å². The Morgan fingerprint density at radius 3 is 2.44 bits per heavy atom. The fourth-order valence-corrected chi connectivity index (χ4v) is 4.76. The van der Waals surface area contributed by atoms with Crippen LogP contribution in [0.2, 0.25) is 0 Å². The standard InChI is InChI=1S/C24H22N2O5S/c1-14-20(23(28)31-4)21(15-9-11-17(29-2)12-10-15)26-22(27)19(32-24(26)25-14)13-16-7-5-6-8-18(16)30-3/h5-13,21H,1-4H3/t21-/m0/s1. The van der Waals surface area contributed by atoms with E-state index in [-0.39, 0.29) is 5.56 Å². The summed E-state index contributed by atoms with van der Waals surface area (Å²) in [4.78, 5) is 31.3. The summed E-state index contributed by atoms with van der Waals surface area (Å²) >= 11 is 1.27. The van der Waals surface area contributed by atoms with E-state index >= 15 is 0 Å². The number of para-hydroxylation sites is 1. The summed E-state index contributed by atoms with van der Waals surface area (Å²) in [7, 11) is 4.49. The number of nitrogens with zero attached hydrogens (tertiary/aromatic N) is 2. The van der Waals surface area contributed by atoms with Gasteiger partial charge in [-0.3, -0.25) is 9.36 Å². The van der Waals surface area contributed by atoms with Crippen molar-refractivity contribution in [2.24, 2.45) is 4.99 Å². The minimum atomic E-state index is -0.663. The number of thiazole rings is 1. The molecule has 0 saturated carbocycles. The van der Waals surface area contributed by atoms with Gasteiger partial charge in [0, 0.05) is 5.56 Å². The summed E-state index contributed by atoms with van der Waals surface area (Å²) in [6.45, 7) is 1.75. The molecule has 8 heteroatoms. The normalized spacial score (nSPS) is 15.8. The first-order valence-corrected chi connectivity index (χ1v) is 10.7. The molecular formula is C24H22N2O5S. The van der Waals surface area contributed by atoms with Crippen LogP contribution in [-0.4, -0.2) is 31.9 Å². The van der Waals surface area contributed by atoms with Gasteiger partial charge in [-0.15, -0.1) is 0 Å². The Kier molecular flexibility index (Phi) is 5.96. The van der Waals surface area contributed by atoms with Gasteiger partial charge in [0.15, 0.2) is 4.80 Å². The highest BCUT2D eigenvalue weighted by Gasteiger charge is 2.33.